The summed E-state index contributed by atoms with van der Waals surface area (Å²) in [6, 6.07) is 54.2. The highest BCUT2D eigenvalue weighted by Crippen LogP contribution is 2.43. The Morgan fingerprint density at radius 1 is 0.310 bits per heavy atom. The molecule has 0 fully saturated rings. The van der Waals surface area contributed by atoms with E-state index in [1.54, 1.807) is 0 Å². The molecule has 4 heteroatoms. The average Bonchev–Trinajstić information content (AvgIpc) is 3.59. The fourth-order valence-electron chi connectivity index (χ4n) is 5.72. The van der Waals surface area contributed by atoms with Crippen LogP contribution in [0.3, 0.4) is 0 Å². The molecule has 8 aromatic rings. The van der Waals surface area contributed by atoms with E-state index in [1.165, 1.54) is 0 Å². The molecule has 200 valence electrons. The molecule has 0 amide bonds. The average molecular weight is 543 g/mol. The molecule has 2 aromatic heterocycles. The third kappa shape index (κ3) is 4.09. The van der Waals surface area contributed by atoms with Crippen molar-refractivity contribution >= 4 is 67.2 Å². The first-order chi connectivity index (χ1) is 20.8. The van der Waals surface area contributed by atoms with Gasteiger partial charge in [-0.2, -0.15) is 0 Å². The third-order valence-electron chi connectivity index (χ3n) is 7.62. The molecule has 0 radical (unpaired) electrons. The molecule has 2 heterocycles. The summed E-state index contributed by atoms with van der Waals surface area (Å²) in [7, 11) is 0. The van der Waals surface area contributed by atoms with Crippen molar-refractivity contribution in [2.75, 3.05) is 9.80 Å². The molecule has 0 atom stereocenters. The van der Waals surface area contributed by atoms with Crippen LogP contribution in [0.2, 0.25) is 0 Å². The lowest BCUT2D eigenvalue weighted by Gasteiger charge is -2.25. The zero-order valence-electron chi connectivity index (χ0n) is 22.7. The lowest BCUT2D eigenvalue weighted by molar-refractivity contribution is 0.653. The first-order valence-corrected chi connectivity index (χ1v) is 14.0. The second kappa shape index (κ2) is 10.0. The fourth-order valence-corrected chi connectivity index (χ4v) is 5.72. The zero-order valence-corrected chi connectivity index (χ0v) is 22.7. The van der Waals surface area contributed by atoms with Gasteiger partial charge in [-0.05, 0) is 78.9 Å². The number of hydrogen-bond donors (Lipinski definition) is 0. The molecular formula is C38H26N2O2. The number of fused-ring (bicyclic) bond motifs is 5. The van der Waals surface area contributed by atoms with Crippen LogP contribution in [-0.4, -0.2) is 0 Å². The summed E-state index contributed by atoms with van der Waals surface area (Å²) in [5.41, 5.74) is 9.47. The molecular weight excluding hydrogens is 516 g/mol. The van der Waals surface area contributed by atoms with E-state index in [0.717, 1.165) is 67.2 Å². The van der Waals surface area contributed by atoms with Crippen molar-refractivity contribution in [2.45, 2.75) is 0 Å². The Hall–Kier alpha value is -5.74. The minimum Gasteiger partial charge on any atom is -0.452 e. The van der Waals surface area contributed by atoms with Gasteiger partial charge in [0.2, 0.25) is 0 Å². The molecule has 0 unspecified atom stereocenters. The van der Waals surface area contributed by atoms with Gasteiger partial charge in [-0.15, -0.1) is 0 Å². The van der Waals surface area contributed by atoms with E-state index in [0.29, 0.717) is 0 Å². The van der Waals surface area contributed by atoms with Crippen molar-refractivity contribution in [2.24, 2.45) is 0 Å². The molecule has 0 aliphatic carbocycles. The second-order valence-corrected chi connectivity index (χ2v) is 10.2. The van der Waals surface area contributed by atoms with Gasteiger partial charge in [0.05, 0.1) is 10.8 Å². The molecule has 0 spiro atoms. The van der Waals surface area contributed by atoms with E-state index in [4.69, 9.17) is 8.83 Å². The number of nitrogens with zero attached hydrogens (tertiary/aromatic N) is 2. The monoisotopic (exact) mass is 542 g/mol. The van der Waals surface area contributed by atoms with E-state index >= 15 is 0 Å². The van der Waals surface area contributed by atoms with E-state index in [2.05, 4.69) is 137 Å². The Morgan fingerprint density at radius 2 is 0.714 bits per heavy atom. The predicted octanol–water partition coefficient (Wildman–Crippen LogP) is 11.3. The smallest absolute Gasteiger partial charge is 0.181 e. The van der Waals surface area contributed by atoms with Crippen molar-refractivity contribution in [3.05, 3.63) is 158 Å². The van der Waals surface area contributed by atoms with Crippen LogP contribution < -0.4 is 9.80 Å². The maximum atomic E-state index is 6.58. The summed E-state index contributed by atoms with van der Waals surface area (Å²) in [6.45, 7) is 0. The Labute approximate surface area is 243 Å². The highest BCUT2D eigenvalue weighted by Gasteiger charge is 2.20. The number of hydrogen-bond acceptors (Lipinski definition) is 4. The molecule has 0 aliphatic rings. The zero-order chi connectivity index (χ0) is 27.9. The van der Waals surface area contributed by atoms with E-state index < -0.39 is 0 Å². The largest absolute Gasteiger partial charge is 0.452 e. The second-order valence-electron chi connectivity index (χ2n) is 10.2. The minimum absolute atomic E-state index is 0.756. The Balaban J connectivity index is 1.28. The van der Waals surface area contributed by atoms with Crippen LogP contribution in [0.4, 0.5) is 34.1 Å². The Bertz CT molecular complexity index is 2060. The van der Waals surface area contributed by atoms with E-state index in [9.17, 15) is 0 Å². The highest BCUT2D eigenvalue weighted by molar-refractivity contribution is 6.14. The van der Waals surface area contributed by atoms with Gasteiger partial charge in [-0.25, -0.2) is 0 Å². The topological polar surface area (TPSA) is 32.8 Å². The molecule has 0 saturated heterocycles. The first kappa shape index (κ1) is 24.1. The summed E-state index contributed by atoms with van der Waals surface area (Å²) in [5, 5.41) is 1.90. The van der Waals surface area contributed by atoms with Gasteiger partial charge in [-0.3, -0.25) is 0 Å². The fraction of sp³-hybridized carbons (Fsp3) is 0. The normalized spacial score (nSPS) is 11.3. The molecule has 6 aromatic carbocycles. The lowest BCUT2D eigenvalue weighted by Crippen LogP contribution is -2.09. The van der Waals surface area contributed by atoms with Crippen LogP contribution in [0.25, 0.3) is 33.1 Å². The number of benzene rings is 6. The number of rotatable bonds is 6. The van der Waals surface area contributed by atoms with Gasteiger partial charge >= 0.3 is 0 Å². The molecule has 4 nitrogen and oxygen atoms in total. The first-order valence-electron chi connectivity index (χ1n) is 14.0. The molecule has 0 aliphatic heterocycles. The van der Waals surface area contributed by atoms with Crippen LogP contribution in [0, 0.1) is 0 Å². The van der Waals surface area contributed by atoms with Gasteiger partial charge in [0.1, 0.15) is 11.2 Å². The van der Waals surface area contributed by atoms with Crippen LogP contribution in [0.5, 0.6) is 0 Å². The Kier molecular flexibility index (Phi) is 5.75. The molecule has 42 heavy (non-hydrogen) atoms. The van der Waals surface area contributed by atoms with Gasteiger partial charge in [0, 0.05) is 40.2 Å². The van der Waals surface area contributed by atoms with Gasteiger partial charge < -0.3 is 18.6 Å². The number of furan rings is 2. The van der Waals surface area contributed by atoms with Crippen LogP contribution in [-0.2, 0) is 0 Å². The van der Waals surface area contributed by atoms with E-state index in [-0.39, 0.29) is 0 Å². The van der Waals surface area contributed by atoms with Crippen molar-refractivity contribution in [3.63, 3.8) is 0 Å². The SMILES string of the molecule is c1ccc(N(c2ccccc2)c2ccc3c(c2)oc2c4cc(N(c5ccccc5)c5ccccc5)ccc4oc32)cc1. The number of para-hydroxylation sites is 4. The van der Waals surface area contributed by atoms with Crippen LogP contribution >= 0.6 is 0 Å². The minimum atomic E-state index is 0.756. The lowest BCUT2D eigenvalue weighted by atomic mass is 10.1. The summed E-state index contributed by atoms with van der Waals surface area (Å²) >= 11 is 0. The Morgan fingerprint density at radius 3 is 1.21 bits per heavy atom. The van der Waals surface area contributed by atoms with Crippen molar-refractivity contribution < 1.29 is 8.83 Å². The summed E-state index contributed by atoms with van der Waals surface area (Å²) in [4.78, 5) is 4.48. The van der Waals surface area contributed by atoms with Gasteiger partial charge in [0.25, 0.3) is 0 Å². The van der Waals surface area contributed by atoms with Crippen molar-refractivity contribution in [1.29, 1.82) is 0 Å². The maximum Gasteiger partial charge on any atom is 0.181 e. The van der Waals surface area contributed by atoms with Gasteiger partial charge in [-0.1, -0.05) is 72.8 Å². The molecule has 0 N–H and O–H groups in total. The third-order valence-corrected chi connectivity index (χ3v) is 7.62. The standard InChI is InChI=1S/C38H26N2O2/c1-5-13-27(14-6-1)39(28-15-7-2-8-16-28)31-22-24-35-34(25-31)38-37(41-35)33-23-21-32(26-36(33)42-38)40(29-17-9-3-10-18-29)30-19-11-4-12-20-30/h1-26H. The van der Waals surface area contributed by atoms with Crippen LogP contribution in [0.15, 0.2) is 167 Å². The quantitative estimate of drug-likeness (QED) is 0.209. The van der Waals surface area contributed by atoms with Crippen molar-refractivity contribution in [3.8, 4) is 0 Å². The summed E-state index contributed by atoms with van der Waals surface area (Å²) < 4.78 is 13.0. The molecule has 8 rings (SSSR count). The van der Waals surface area contributed by atoms with Crippen molar-refractivity contribution in [1.82, 2.24) is 0 Å². The van der Waals surface area contributed by atoms with Gasteiger partial charge in [0.15, 0.2) is 11.2 Å². The summed E-state index contributed by atoms with van der Waals surface area (Å²) in [5.74, 6) is 0. The number of anilines is 6. The highest BCUT2D eigenvalue weighted by atomic mass is 16.4. The predicted molar refractivity (Wildman–Crippen MR) is 173 cm³/mol. The summed E-state index contributed by atoms with van der Waals surface area (Å²) in [6.07, 6.45) is 0. The maximum absolute atomic E-state index is 6.58. The van der Waals surface area contributed by atoms with Crippen LogP contribution in [0.1, 0.15) is 0 Å². The molecule has 0 bridgehead atoms. The van der Waals surface area contributed by atoms with E-state index in [1.807, 2.05) is 30.3 Å². The molecule has 0 saturated carbocycles.